The lowest BCUT2D eigenvalue weighted by molar-refractivity contribution is -0.135. The molecule has 0 bridgehead atoms. The van der Waals surface area contributed by atoms with E-state index in [1.54, 1.807) is 0 Å². The van der Waals surface area contributed by atoms with E-state index < -0.39 is 0 Å². The van der Waals surface area contributed by atoms with E-state index in [4.69, 9.17) is 4.98 Å². The largest absolute Gasteiger partial charge is 0.338 e. The molecule has 6 heteroatoms. The minimum Gasteiger partial charge on any atom is -0.338 e. The van der Waals surface area contributed by atoms with Gasteiger partial charge in [0.1, 0.15) is 12.4 Å². The number of benzene rings is 2. The molecule has 0 N–H and O–H groups in total. The number of amides is 2. The number of anilines is 1. The van der Waals surface area contributed by atoms with E-state index in [1.165, 1.54) is 6.42 Å². The number of hydrogen-bond acceptors (Lipinski definition) is 3. The number of aromatic nitrogens is 2. The smallest absolute Gasteiger partial charge is 0.242 e. The summed E-state index contributed by atoms with van der Waals surface area (Å²) in [6.45, 7) is 3.82. The van der Waals surface area contributed by atoms with Crippen LogP contribution in [0.4, 0.5) is 5.69 Å². The molecule has 0 radical (unpaired) electrons. The van der Waals surface area contributed by atoms with Crippen LogP contribution in [0.5, 0.6) is 0 Å². The van der Waals surface area contributed by atoms with Crippen LogP contribution in [0.2, 0.25) is 0 Å². The third-order valence-corrected chi connectivity index (χ3v) is 6.66. The van der Waals surface area contributed by atoms with Gasteiger partial charge in [0.05, 0.1) is 11.0 Å². The van der Waals surface area contributed by atoms with Crippen LogP contribution in [0.15, 0.2) is 54.6 Å². The van der Waals surface area contributed by atoms with Gasteiger partial charge in [-0.15, -0.1) is 0 Å². The van der Waals surface area contributed by atoms with Crippen LogP contribution in [0.3, 0.4) is 0 Å². The number of rotatable bonds is 4. The van der Waals surface area contributed by atoms with Gasteiger partial charge in [-0.05, 0) is 50.5 Å². The average Bonchev–Trinajstić information content (AvgIpc) is 3.35. The molecule has 0 saturated carbocycles. The fraction of sp³-hybridized carbons (Fsp3) is 0.400. The van der Waals surface area contributed by atoms with Gasteiger partial charge in [-0.1, -0.05) is 30.3 Å². The van der Waals surface area contributed by atoms with Crippen molar-refractivity contribution in [3.8, 4) is 0 Å². The van der Waals surface area contributed by atoms with Gasteiger partial charge in [-0.2, -0.15) is 0 Å². The maximum atomic E-state index is 13.2. The third-order valence-electron chi connectivity index (χ3n) is 6.66. The molecule has 2 fully saturated rings. The normalized spacial score (nSPS) is 21.8. The first-order valence-electron chi connectivity index (χ1n) is 11.2. The summed E-state index contributed by atoms with van der Waals surface area (Å²) in [7, 11) is 0. The van der Waals surface area contributed by atoms with E-state index in [0.717, 1.165) is 41.9 Å². The molecule has 3 aromatic rings. The minimum absolute atomic E-state index is 0.0355. The van der Waals surface area contributed by atoms with Crippen molar-refractivity contribution in [3.63, 3.8) is 0 Å². The van der Waals surface area contributed by atoms with Gasteiger partial charge in [0.2, 0.25) is 11.8 Å². The van der Waals surface area contributed by atoms with E-state index in [1.807, 2.05) is 69.0 Å². The lowest BCUT2D eigenvalue weighted by Crippen LogP contribution is -2.43. The number of likely N-dealkylation sites (tertiary alicyclic amines) is 1. The molecule has 0 aliphatic carbocycles. The lowest BCUT2D eigenvalue weighted by Gasteiger charge is -2.33. The van der Waals surface area contributed by atoms with Gasteiger partial charge in [0, 0.05) is 37.2 Å². The molecule has 3 heterocycles. The van der Waals surface area contributed by atoms with Crippen molar-refractivity contribution in [2.24, 2.45) is 0 Å². The van der Waals surface area contributed by atoms with Crippen molar-refractivity contribution >= 4 is 28.5 Å². The van der Waals surface area contributed by atoms with Crippen molar-refractivity contribution in [1.82, 2.24) is 14.5 Å². The fourth-order valence-electron chi connectivity index (χ4n) is 5.00. The molecule has 2 aliphatic heterocycles. The number of carbonyl (C=O) groups excluding carboxylic acids is 2. The van der Waals surface area contributed by atoms with Crippen LogP contribution in [-0.2, 0) is 16.1 Å². The van der Waals surface area contributed by atoms with Crippen LogP contribution in [0, 0.1) is 0 Å². The standard InChI is InChI=1S/C25H28N4O2/c1-18-9-7-8-14-27(18)24(31)17-29-22-13-6-5-12-21(22)26-25(29)19-15-23(30)28(16-19)20-10-3-2-4-11-20/h2-6,10-13,18-19H,7-9,14-17H2,1H3. The van der Waals surface area contributed by atoms with Crippen molar-refractivity contribution in [2.45, 2.75) is 51.1 Å². The molecule has 1 aromatic heterocycles. The van der Waals surface area contributed by atoms with E-state index in [0.29, 0.717) is 13.0 Å². The maximum Gasteiger partial charge on any atom is 0.242 e. The molecule has 31 heavy (non-hydrogen) atoms. The molecule has 0 spiro atoms. The summed E-state index contributed by atoms with van der Waals surface area (Å²) < 4.78 is 2.05. The van der Waals surface area contributed by atoms with Crippen LogP contribution < -0.4 is 4.90 Å². The Morgan fingerprint density at radius 1 is 1.06 bits per heavy atom. The van der Waals surface area contributed by atoms with Crippen LogP contribution in [0.25, 0.3) is 11.0 Å². The second-order valence-electron chi connectivity index (χ2n) is 8.72. The highest BCUT2D eigenvalue weighted by Gasteiger charge is 2.35. The number of imidazole rings is 1. The SMILES string of the molecule is CC1CCCCN1C(=O)Cn1c(C2CC(=O)N(c3ccccc3)C2)nc2ccccc21. The van der Waals surface area contributed by atoms with Gasteiger partial charge in [0.25, 0.3) is 0 Å². The quantitative estimate of drug-likeness (QED) is 0.647. The van der Waals surface area contributed by atoms with Gasteiger partial charge >= 0.3 is 0 Å². The first kappa shape index (κ1) is 19.8. The number of carbonyl (C=O) groups is 2. The van der Waals surface area contributed by atoms with Crippen molar-refractivity contribution < 1.29 is 9.59 Å². The number of hydrogen-bond donors (Lipinski definition) is 0. The summed E-state index contributed by atoms with van der Waals surface area (Å²) in [6, 6.07) is 18.0. The lowest BCUT2D eigenvalue weighted by atomic mass is 10.0. The Morgan fingerprint density at radius 2 is 1.84 bits per heavy atom. The van der Waals surface area contributed by atoms with Gasteiger partial charge < -0.3 is 14.4 Å². The average molecular weight is 417 g/mol. The topological polar surface area (TPSA) is 58.4 Å². The van der Waals surface area contributed by atoms with Crippen molar-refractivity contribution in [2.75, 3.05) is 18.0 Å². The van der Waals surface area contributed by atoms with E-state index in [2.05, 4.69) is 6.92 Å². The molecule has 2 atom stereocenters. The van der Waals surface area contributed by atoms with Crippen LogP contribution in [-0.4, -0.2) is 45.4 Å². The number of para-hydroxylation sites is 3. The predicted molar refractivity (Wildman–Crippen MR) is 121 cm³/mol. The molecule has 6 nitrogen and oxygen atoms in total. The summed E-state index contributed by atoms with van der Waals surface area (Å²) >= 11 is 0. The molecular weight excluding hydrogens is 388 g/mol. The molecule has 2 unspecified atom stereocenters. The number of piperidine rings is 1. The summed E-state index contributed by atoms with van der Waals surface area (Å²) in [6.07, 6.45) is 3.72. The Labute approximate surface area is 182 Å². The fourth-order valence-corrected chi connectivity index (χ4v) is 5.00. The highest BCUT2D eigenvalue weighted by Crippen LogP contribution is 2.33. The summed E-state index contributed by atoms with van der Waals surface area (Å²) in [4.78, 5) is 34.8. The monoisotopic (exact) mass is 416 g/mol. The number of nitrogens with zero attached hydrogens (tertiary/aromatic N) is 4. The molecule has 160 valence electrons. The van der Waals surface area contributed by atoms with Gasteiger partial charge in [0.15, 0.2) is 0 Å². The molecule has 2 amide bonds. The summed E-state index contributed by atoms with van der Waals surface area (Å²) in [5.41, 5.74) is 2.75. The Morgan fingerprint density at radius 3 is 2.65 bits per heavy atom. The zero-order valence-electron chi connectivity index (χ0n) is 17.9. The maximum absolute atomic E-state index is 13.2. The predicted octanol–water partition coefficient (Wildman–Crippen LogP) is 3.96. The molecule has 2 aliphatic rings. The molecule has 5 rings (SSSR count). The summed E-state index contributed by atoms with van der Waals surface area (Å²) in [5.74, 6) is 1.05. The number of fused-ring (bicyclic) bond motifs is 1. The van der Waals surface area contributed by atoms with E-state index >= 15 is 0 Å². The van der Waals surface area contributed by atoms with Crippen LogP contribution in [0.1, 0.15) is 44.3 Å². The second kappa shape index (κ2) is 8.17. The molecule has 2 saturated heterocycles. The zero-order chi connectivity index (χ0) is 21.4. The second-order valence-corrected chi connectivity index (χ2v) is 8.72. The zero-order valence-corrected chi connectivity index (χ0v) is 17.9. The first-order chi connectivity index (χ1) is 15.1. The Kier molecular flexibility index (Phi) is 5.22. The molecular formula is C25H28N4O2. The van der Waals surface area contributed by atoms with Gasteiger partial charge in [-0.25, -0.2) is 4.98 Å². The van der Waals surface area contributed by atoms with E-state index in [9.17, 15) is 9.59 Å². The highest BCUT2D eigenvalue weighted by atomic mass is 16.2. The minimum atomic E-state index is -0.0355. The Balaban J connectivity index is 1.47. The third kappa shape index (κ3) is 3.71. The Hall–Kier alpha value is -3.15. The molecule has 2 aromatic carbocycles. The highest BCUT2D eigenvalue weighted by molar-refractivity contribution is 5.96. The van der Waals surface area contributed by atoms with Crippen LogP contribution >= 0.6 is 0 Å². The van der Waals surface area contributed by atoms with E-state index in [-0.39, 0.29) is 30.3 Å². The Bertz CT molecular complexity index is 1110. The van der Waals surface area contributed by atoms with Crippen molar-refractivity contribution in [3.05, 3.63) is 60.4 Å². The first-order valence-corrected chi connectivity index (χ1v) is 11.2. The summed E-state index contributed by atoms with van der Waals surface area (Å²) in [5, 5.41) is 0. The van der Waals surface area contributed by atoms with Crippen molar-refractivity contribution in [1.29, 1.82) is 0 Å². The van der Waals surface area contributed by atoms with Gasteiger partial charge in [-0.3, -0.25) is 9.59 Å².